The lowest BCUT2D eigenvalue weighted by Gasteiger charge is -2.27. The number of carbonyl (C=O) groups excluding carboxylic acids is 2. The van der Waals surface area contributed by atoms with Gasteiger partial charge in [-0.2, -0.15) is 0 Å². The molecule has 90 valence electrons. The van der Waals surface area contributed by atoms with Crippen LogP contribution in [0.4, 0.5) is 5.69 Å². The monoisotopic (exact) mass is 233 g/mol. The first-order chi connectivity index (χ1) is 8.13. The number of amides is 1. The van der Waals surface area contributed by atoms with E-state index >= 15 is 0 Å². The molecule has 0 saturated carbocycles. The van der Waals surface area contributed by atoms with Crippen molar-refractivity contribution in [3.63, 3.8) is 0 Å². The van der Waals surface area contributed by atoms with Crippen LogP contribution in [0.3, 0.4) is 0 Å². The molecule has 4 nitrogen and oxygen atoms in total. The summed E-state index contributed by atoms with van der Waals surface area (Å²) in [5, 5.41) is 0. The van der Waals surface area contributed by atoms with Crippen LogP contribution in [-0.4, -0.2) is 25.3 Å². The fraction of sp³-hybridized carbons (Fsp3) is 0.385. The van der Waals surface area contributed by atoms with E-state index in [2.05, 4.69) is 0 Å². The Hall–Kier alpha value is -1.84. The van der Waals surface area contributed by atoms with Gasteiger partial charge in [0.25, 0.3) is 5.91 Å². The number of anilines is 1. The van der Waals surface area contributed by atoms with Crippen LogP contribution < -0.4 is 9.64 Å². The second-order valence-corrected chi connectivity index (χ2v) is 4.16. The molecule has 1 fully saturated rings. The summed E-state index contributed by atoms with van der Waals surface area (Å²) >= 11 is 0. The average Bonchev–Trinajstić information content (AvgIpc) is 2.33. The quantitative estimate of drug-likeness (QED) is 0.730. The molecule has 17 heavy (non-hydrogen) atoms. The van der Waals surface area contributed by atoms with Crippen molar-refractivity contribution in [1.29, 1.82) is 0 Å². The Balaban J connectivity index is 2.41. The van der Waals surface area contributed by atoms with Gasteiger partial charge in [-0.3, -0.25) is 9.59 Å². The van der Waals surface area contributed by atoms with Gasteiger partial charge in [-0.15, -0.1) is 0 Å². The lowest BCUT2D eigenvalue weighted by Crippen LogP contribution is -2.41. The molecular formula is C13H15NO3. The highest BCUT2D eigenvalue weighted by atomic mass is 16.5. The van der Waals surface area contributed by atoms with Crippen LogP contribution in [0, 0.1) is 6.92 Å². The van der Waals surface area contributed by atoms with Crippen molar-refractivity contribution in [3.8, 4) is 5.75 Å². The van der Waals surface area contributed by atoms with E-state index in [9.17, 15) is 9.59 Å². The first kappa shape index (κ1) is 11.6. The number of piperidine rings is 1. The molecule has 1 amide bonds. The van der Waals surface area contributed by atoms with Gasteiger partial charge >= 0.3 is 0 Å². The molecule has 1 heterocycles. The third kappa shape index (κ3) is 2.16. The molecule has 0 bridgehead atoms. The lowest BCUT2D eigenvalue weighted by molar-refractivity contribution is -0.137. The molecule has 1 saturated heterocycles. The van der Waals surface area contributed by atoms with Crippen molar-refractivity contribution in [3.05, 3.63) is 23.8 Å². The molecule has 4 heteroatoms. The minimum absolute atomic E-state index is 0.320. The number of carbonyl (C=O) groups is 2. The molecular weight excluding hydrogens is 218 g/mol. The molecule has 0 unspecified atom stereocenters. The van der Waals surface area contributed by atoms with Gasteiger partial charge in [-0.1, -0.05) is 6.07 Å². The summed E-state index contributed by atoms with van der Waals surface area (Å²) in [5.41, 5.74) is 1.72. The van der Waals surface area contributed by atoms with Crippen LogP contribution in [0.2, 0.25) is 0 Å². The van der Waals surface area contributed by atoms with E-state index < -0.39 is 5.91 Å². The van der Waals surface area contributed by atoms with Crippen molar-refractivity contribution in [2.24, 2.45) is 0 Å². The second kappa shape index (κ2) is 4.57. The highest BCUT2D eigenvalue weighted by Gasteiger charge is 2.29. The highest BCUT2D eigenvalue weighted by Crippen LogP contribution is 2.31. The fourth-order valence-corrected chi connectivity index (χ4v) is 2.00. The van der Waals surface area contributed by atoms with E-state index in [-0.39, 0.29) is 5.78 Å². The van der Waals surface area contributed by atoms with Crippen molar-refractivity contribution in [1.82, 2.24) is 0 Å². The normalized spacial score (nSPS) is 16.2. The van der Waals surface area contributed by atoms with Gasteiger partial charge in [0.05, 0.1) is 12.8 Å². The number of benzene rings is 1. The smallest absolute Gasteiger partial charge is 0.294 e. The molecule has 2 rings (SSSR count). The number of hydrogen-bond donors (Lipinski definition) is 0. The zero-order chi connectivity index (χ0) is 12.4. The molecule has 1 aliphatic rings. The largest absolute Gasteiger partial charge is 0.495 e. The van der Waals surface area contributed by atoms with Crippen LogP contribution in [0.25, 0.3) is 0 Å². The summed E-state index contributed by atoms with van der Waals surface area (Å²) in [6, 6.07) is 5.60. The third-order valence-electron chi connectivity index (χ3n) is 2.89. The Morgan fingerprint density at radius 2 is 2.06 bits per heavy atom. The molecule has 1 aromatic carbocycles. The van der Waals surface area contributed by atoms with Crippen LogP contribution >= 0.6 is 0 Å². The molecule has 0 spiro atoms. The molecule has 0 atom stereocenters. The van der Waals surface area contributed by atoms with Crippen molar-refractivity contribution >= 4 is 17.4 Å². The number of ether oxygens (including phenoxy) is 1. The van der Waals surface area contributed by atoms with E-state index in [1.807, 2.05) is 25.1 Å². The summed E-state index contributed by atoms with van der Waals surface area (Å²) in [5.74, 6) is -0.126. The number of aryl methyl sites for hydroxylation is 1. The van der Waals surface area contributed by atoms with Crippen LogP contribution in [-0.2, 0) is 9.59 Å². The maximum atomic E-state index is 11.8. The van der Waals surface area contributed by atoms with Crippen molar-refractivity contribution < 1.29 is 14.3 Å². The predicted molar refractivity (Wildman–Crippen MR) is 64.3 cm³/mol. The minimum Gasteiger partial charge on any atom is -0.495 e. The van der Waals surface area contributed by atoms with Crippen molar-refractivity contribution in [2.75, 3.05) is 18.6 Å². The zero-order valence-corrected chi connectivity index (χ0v) is 10.0. The third-order valence-corrected chi connectivity index (χ3v) is 2.89. The minimum atomic E-state index is -0.430. The van der Waals surface area contributed by atoms with E-state index in [1.54, 1.807) is 7.11 Å². The molecule has 0 N–H and O–H groups in total. The topological polar surface area (TPSA) is 46.6 Å². The van der Waals surface area contributed by atoms with E-state index in [1.165, 1.54) is 4.90 Å². The molecule has 1 aliphatic heterocycles. The van der Waals surface area contributed by atoms with Gasteiger partial charge in [-0.05, 0) is 31.0 Å². The van der Waals surface area contributed by atoms with Gasteiger partial charge in [0.2, 0.25) is 5.78 Å². The number of Topliss-reactive ketones (excluding diaryl/α,β-unsaturated/α-hetero) is 1. The predicted octanol–water partition coefficient (Wildman–Crippen LogP) is 1.70. The molecule has 0 aliphatic carbocycles. The second-order valence-electron chi connectivity index (χ2n) is 4.16. The van der Waals surface area contributed by atoms with E-state index in [0.717, 1.165) is 5.56 Å². The van der Waals surface area contributed by atoms with Gasteiger partial charge in [0.15, 0.2) is 0 Å². The Morgan fingerprint density at radius 3 is 2.76 bits per heavy atom. The summed E-state index contributed by atoms with van der Waals surface area (Å²) in [6.45, 7) is 2.52. The van der Waals surface area contributed by atoms with E-state index in [4.69, 9.17) is 4.74 Å². The molecule has 0 aromatic heterocycles. The lowest BCUT2D eigenvalue weighted by atomic mass is 10.1. The number of methoxy groups -OCH3 is 1. The maximum absolute atomic E-state index is 11.8. The number of rotatable bonds is 2. The Labute approximate surface area is 100 Å². The highest BCUT2D eigenvalue weighted by molar-refractivity contribution is 6.42. The van der Waals surface area contributed by atoms with Gasteiger partial charge in [0.1, 0.15) is 5.75 Å². The van der Waals surface area contributed by atoms with Crippen LogP contribution in [0.5, 0.6) is 5.75 Å². The molecule has 1 aromatic rings. The zero-order valence-electron chi connectivity index (χ0n) is 10.0. The Kier molecular flexibility index (Phi) is 3.13. The SMILES string of the molecule is COc1ccc(C)cc1N1CCCC(=O)C1=O. The standard InChI is InChI=1S/C13H15NO3/c1-9-5-6-12(17-2)10(8-9)14-7-3-4-11(15)13(14)16/h5-6,8H,3-4,7H2,1-2H3. The first-order valence-corrected chi connectivity index (χ1v) is 5.63. The number of nitrogens with zero attached hydrogens (tertiary/aromatic N) is 1. The Bertz CT molecular complexity index is 468. The number of ketones is 1. The first-order valence-electron chi connectivity index (χ1n) is 5.63. The summed E-state index contributed by atoms with van der Waals surface area (Å²) in [7, 11) is 1.56. The van der Waals surface area contributed by atoms with Crippen LogP contribution in [0.15, 0.2) is 18.2 Å². The average molecular weight is 233 g/mol. The van der Waals surface area contributed by atoms with Gasteiger partial charge in [-0.25, -0.2) is 0 Å². The van der Waals surface area contributed by atoms with Crippen molar-refractivity contribution in [2.45, 2.75) is 19.8 Å². The maximum Gasteiger partial charge on any atom is 0.294 e. The summed E-state index contributed by atoms with van der Waals surface area (Å²) in [4.78, 5) is 24.8. The summed E-state index contributed by atoms with van der Waals surface area (Å²) in [6.07, 6.45) is 1.06. The Morgan fingerprint density at radius 1 is 1.29 bits per heavy atom. The number of hydrogen-bond acceptors (Lipinski definition) is 3. The van der Waals surface area contributed by atoms with Crippen LogP contribution in [0.1, 0.15) is 18.4 Å². The molecule has 0 radical (unpaired) electrons. The fourth-order valence-electron chi connectivity index (χ4n) is 2.00. The van der Waals surface area contributed by atoms with Gasteiger partial charge < -0.3 is 9.64 Å². The van der Waals surface area contributed by atoms with Gasteiger partial charge in [0, 0.05) is 13.0 Å². The van der Waals surface area contributed by atoms with E-state index in [0.29, 0.717) is 30.8 Å². The summed E-state index contributed by atoms with van der Waals surface area (Å²) < 4.78 is 5.23.